The zero-order valence-electron chi connectivity index (χ0n) is 9.78. The largest absolute Gasteiger partial charge is 0.349 e. The molecule has 16 heavy (non-hydrogen) atoms. The Morgan fingerprint density at radius 1 is 1.25 bits per heavy atom. The molecular formula is C14H19NO. The van der Waals surface area contributed by atoms with E-state index in [4.69, 9.17) is 0 Å². The Hall–Kier alpha value is -1.31. The third kappa shape index (κ3) is 2.63. The molecule has 1 atom stereocenters. The SMILES string of the molecule is C[C@@H](NC(=O)C1CCCC1)c1ccccc1. The van der Waals surface area contributed by atoms with Gasteiger partial charge in [-0.05, 0) is 25.3 Å². The predicted octanol–water partition coefficient (Wildman–Crippen LogP) is 3.05. The molecule has 0 bridgehead atoms. The van der Waals surface area contributed by atoms with Crippen LogP contribution < -0.4 is 5.32 Å². The predicted molar refractivity (Wildman–Crippen MR) is 65.0 cm³/mol. The molecule has 0 aromatic heterocycles. The molecule has 0 radical (unpaired) electrons. The van der Waals surface area contributed by atoms with Crippen LogP contribution in [0.4, 0.5) is 0 Å². The van der Waals surface area contributed by atoms with E-state index >= 15 is 0 Å². The van der Waals surface area contributed by atoms with Crippen molar-refractivity contribution in [3.8, 4) is 0 Å². The summed E-state index contributed by atoms with van der Waals surface area (Å²) in [6, 6.07) is 10.2. The van der Waals surface area contributed by atoms with Gasteiger partial charge < -0.3 is 5.32 Å². The second-order valence-corrected chi connectivity index (χ2v) is 4.62. The van der Waals surface area contributed by atoms with Gasteiger partial charge in [0.2, 0.25) is 5.91 Å². The average Bonchev–Trinajstić information content (AvgIpc) is 2.83. The van der Waals surface area contributed by atoms with Gasteiger partial charge in [-0.1, -0.05) is 43.2 Å². The number of nitrogens with one attached hydrogen (secondary N) is 1. The van der Waals surface area contributed by atoms with Crippen molar-refractivity contribution in [3.63, 3.8) is 0 Å². The highest BCUT2D eigenvalue weighted by Crippen LogP contribution is 2.25. The summed E-state index contributed by atoms with van der Waals surface area (Å²) in [5.74, 6) is 0.486. The first-order valence-corrected chi connectivity index (χ1v) is 6.12. The van der Waals surface area contributed by atoms with Gasteiger partial charge in [0, 0.05) is 5.92 Å². The van der Waals surface area contributed by atoms with Crippen molar-refractivity contribution in [1.29, 1.82) is 0 Å². The maximum Gasteiger partial charge on any atom is 0.223 e. The summed E-state index contributed by atoms with van der Waals surface area (Å²) >= 11 is 0. The number of carbonyl (C=O) groups is 1. The molecule has 1 aliphatic carbocycles. The molecule has 1 saturated carbocycles. The molecule has 0 heterocycles. The first-order valence-electron chi connectivity index (χ1n) is 6.12. The van der Waals surface area contributed by atoms with Crippen LogP contribution in [-0.2, 0) is 4.79 Å². The van der Waals surface area contributed by atoms with Gasteiger partial charge in [0.15, 0.2) is 0 Å². The number of carbonyl (C=O) groups excluding carboxylic acids is 1. The van der Waals surface area contributed by atoms with E-state index in [0.29, 0.717) is 0 Å². The van der Waals surface area contributed by atoms with Crippen molar-refractivity contribution >= 4 is 5.91 Å². The van der Waals surface area contributed by atoms with E-state index in [2.05, 4.69) is 17.4 Å². The smallest absolute Gasteiger partial charge is 0.223 e. The fourth-order valence-electron chi connectivity index (χ4n) is 2.34. The zero-order chi connectivity index (χ0) is 11.4. The molecule has 0 aliphatic heterocycles. The average molecular weight is 217 g/mol. The molecule has 2 rings (SSSR count). The molecule has 0 saturated heterocycles. The van der Waals surface area contributed by atoms with Gasteiger partial charge in [-0.3, -0.25) is 4.79 Å². The second kappa shape index (κ2) is 5.15. The minimum absolute atomic E-state index is 0.120. The Labute approximate surface area is 97.1 Å². The number of hydrogen-bond acceptors (Lipinski definition) is 1. The lowest BCUT2D eigenvalue weighted by molar-refractivity contribution is -0.125. The van der Waals surface area contributed by atoms with E-state index in [1.165, 1.54) is 18.4 Å². The van der Waals surface area contributed by atoms with Crippen LogP contribution in [-0.4, -0.2) is 5.91 Å². The van der Waals surface area contributed by atoms with Crippen LogP contribution in [0.15, 0.2) is 30.3 Å². The summed E-state index contributed by atoms with van der Waals surface area (Å²) < 4.78 is 0. The van der Waals surface area contributed by atoms with Gasteiger partial charge in [-0.2, -0.15) is 0 Å². The highest BCUT2D eigenvalue weighted by molar-refractivity contribution is 5.79. The summed E-state index contributed by atoms with van der Waals surface area (Å²) in [6.45, 7) is 2.04. The van der Waals surface area contributed by atoms with Crippen molar-refractivity contribution in [2.24, 2.45) is 5.92 Å². The molecule has 2 heteroatoms. The fourth-order valence-corrected chi connectivity index (χ4v) is 2.34. The van der Waals surface area contributed by atoms with Crippen molar-refractivity contribution in [1.82, 2.24) is 5.32 Å². The van der Waals surface area contributed by atoms with Crippen molar-refractivity contribution < 1.29 is 4.79 Å². The molecule has 1 amide bonds. The molecule has 1 aromatic carbocycles. The fraction of sp³-hybridized carbons (Fsp3) is 0.500. The van der Waals surface area contributed by atoms with Gasteiger partial charge in [0.05, 0.1) is 6.04 Å². The summed E-state index contributed by atoms with van der Waals surface area (Å²) in [6.07, 6.45) is 4.54. The first kappa shape index (κ1) is 11.2. The van der Waals surface area contributed by atoms with Crippen LogP contribution in [0.3, 0.4) is 0 Å². The van der Waals surface area contributed by atoms with Crippen LogP contribution in [0.25, 0.3) is 0 Å². The van der Waals surface area contributed by atoms with Crippen LogP contribution in [0.5, 0.6) is 0 Å². The van der Waals surface area contributed by atoms with Crippen LogP contribution in [0, 0.1) is 5.92 Å². The van der Waals surface area contributed by atoms with Crippen molar-refractivity contribution in [3.05, 3.63) is 35.9 Å². The number of rotatable bonds is 3. The minimum atomic E-state index is 0.120. The molecule has 1 aliphatic rings. The Morgan fingerprint density at radius 2 is 1.88 bits per heavy atom. The maximum absolute atomic E-state index is 11.9. The van der Waals surface area contributed by atoms with E-state index in [-0.39, 0.29) is 17.9 Å². The Kier molecular flexibility index (Phi) is 3.60. The molecule has 2 nitrogen and oxygen atoms in total. The van der Waals surface area contributed by atoms with E-state index in [9.17, 15) is 4.79 Å². The zero-order valence-corrected chi connectivity index (χ0v) is 9.78. The van der Waals surface area contributed by atoms with E-state index in [1.807, 2.05) is 25.1 Å². The molecule has 1 aromatic rings. The van der Waals surface area contributed by atoms with Crippen LogP contribution >= 0.6 is 0 Å². The maximum atomic E-state index is 11.9. The quantitative estimate of drug-likeness (QED) is 0.828. The van der Waals surface area contributed by atoms with E-state index in [1.54, 1.807) is 0 Å². The molecule has 0 spiro atoms. The van der Waals surface area contributed by atoms with Crippen LogP contribution in [0.2, 0.25) is 0 Å². The summed E-state index contributed by atoms with van der Waals surface area (Å²) in [4.78, 5) is 11.9. The number of amides is 1. The van der Waals surface area contributed by atoms with E-state index < -0.39 is 0 Å². The Morgan fingerprint density at radius 3 is 2.50 bits per heavy atom. The monoisotopic (exact) mass is 217 g/mol. The third-order valence-corrected chi connectivity index (χ3v) is 3.38. The normalized spacial score (nSPS) is 18.3. The third-order valence-electron chi connectivity index (χ3n) is 3.38. The van der Waals surface area contributed by atoms with Gasteiger partial charge in [-0.25, -0.2) is 0 Å². The Bertz CT molecular complexity index is 341. The summed E-state index contributed by atoms with van der Waals surface area (Å²) in [7, 11) is 0. The lowest BCUT2D eigenvalue weighted by Gasteiger charge is -2.17. The lowest BCUT2D eigenvalue weighted by atomic mass is 10.0. The highest BCUT2D eigenvalue weighted by Gasteiger charge is 2.23. The number of hydrogen-bond donors (Lipinski definition) is 1. The molecule has 0 unspecified atom stereocenters. The van der Waals surface area contributed by atoms with Crippen LogP contribution in [0.1, 0.15) is 44.2 Å². The van der Waals surface area contributed by atoms with Crippen molar-refractivity contribution in [2.45, 2.75) is 38.6 Å². The molecular weight excluding hydrogens is 198 g/mol. The topological polar surface area (TPSA) is 29.1 Å². The summed E-state index contributed by atoms with van der Waals surface area (Å²) in [5, 5.41) is 3.10. The summed E-state index contributed by atoms with van der Waals surface area (Å²) in [5.41, 5.74) is 1.17. The standard InChI is InChI=1S/C14H19NO/c1-11(12-7-3-2-4-8-12)15-14(16)13-9-5-6-10-13/h2-4,7-8,11,13H,5-6,9-10H2,1H3,(H,15,16)/t11-/m1/s1. The molecule has 86 valence electrons. The van der Waals surface area contributed by atoms with Crippen molar-refractivity contribution in [2.75, 3.05) is 0 Å². The lowest BCUT2D eigenvalue weighted by Crippen LogP contribution is -2.31. The first-order chi connectivity index (χ1) is 7.77. The highest BCUT2D eigenvalue weighted by atomic mass is 16.1. The van der Waals surface area contributed by atoms with Gasteiger partial charge in [0.1, 0.15) is 0 Å². The minimum Gasteiger partial charge on any atom is -0.349 e. The number of benzene rings is 1. The Balaban J connectivity index is 1.92. The van der Waals surface area contributed by atoms with Gasteiger partial charge in [-0.15, -0.1) is 0 Å². The van der Waals surface area contributed by atoms with E-state index in [0.717, 1.165) is 12.8 Å². The van der Waals surface area contributed by atoms with Gasteiger partial charge >= 0.3 is 0 Å². The van der Waals surface area contributed by atoms with Gasteiger partial charge in [0.25, 0.3) is 0 Å². The second-order valence-electron chi connectivity index (χ2n) is 4.62. The molecule has 1 fully saturated rings. The molecule has 1 N–H and O–H groups in total.